The fourth-order valence-corrected chi connectivity index (χ4v) is 3.35. The largest absolute Gasteiger partial charge is 0.507 e. The Morgan fingerprint density at radius 2 is 1.84 bits per heavy atom. The Labute approximate surface area is 161 Å². The summed E-state index contributed by atoms with van der Waals surface area (Å²) in [5.41, 5.74) is 3.94. The fourth-order valence-electron chi connectivity index (χ4n) is 2.49. The van der Waals surface area contributed by atoms with Gasteiger partial charge in [0.1, 0.15) is 5.75 Å². The zero-order chi connectivity index (χ0) is 17.8. The number of aromatic hydroxyl groups is 1. The van der Waals surface area contributed by atoms with Gasteiger partial charge in [0.05, 0.1) is 12.6 Å². The molecule has 0 atom stereocenters. The molecule has 3 aromatic carbocycles. The number of nitrogens with zero attached hydrogens (tertiary/aromatic N) is 1. The predicted molar refractivity (Wildman–Crippen MR) is 107 cm³/mol. The average molecular weight is 462 g/mol. The summed E-state index contributed by atoms with van der Waals surface area (Å²) in [6, 6.07) is 16.8. The third kappa shape index (κ3) is 4.27. The van der Waals surface area contributed by atoms with Crippen molar-refractivity contribution in [2.75, 3.05) is 0 Å². The number of rotatable bonds is 4. The molecule has 0 saturated carbocycles. The van der Waals surface area contributed by atoms with E-state index < -0.39 is 0 Å². The van der Waals surface area contributed by atoms with Crippen molar-refractivity contribution >= 4 is 54.8 Å². The third-order valence-electron chi connectivity index (χ3n) is 3.69. The Balaban J connectivity index is 1.72. The van der Waals surface area contributed by atoms with E-state index in [2.05, 4.69) is 42.4 Å². The second-order valence-corrected chi connectivity index (χ2v) is 7.20. The van der Waals surface area contributed by atoms with Gasteiger partial charge in [-0.05, 0) is 40.6 Å². The quantitative estimate of drug-likeness (QED) is 0.434. The van der Waals surface area contributed by atoms with Gasteiger partial charge >= 0.3 is 0 Å². The summed E-state index contributed by atoms with van der Waals surface area (Å²) >= 11 is 6.85. The molecule has 3 aromatic rings. The lowest BCUT2D eigenvalue weighted by atomic mass is 10.0. The van der Waals surface area contributed by atoms with Crippen LogP contribution in [-0.4, -0.2) is 17.2 Å². The van der Waals surface area contributed by atoms with Crippen LogP contribution in [0.25, 0.3) is 10.8 Å². The molecule has 126 valence electrons. The molecule has 0 radical (unpaired) electrons. The van der Waals surface area contributed by atoms with Crippen molar-refractivity contribution in [3.63, 3.8) is 0 Å². The minimum atomic E-state index is -0.224. The molecule has 0 fully saturated rings. The van der Waals surface area contributed by atoms with Gasteiger partial charge in [-0.25, -0.2) is 5.43 Å². The van der Waals surface area contributed by atoms with Crippen LogP contribution in [0.3, 0.4) is 0 Å². The zero-order valence-electron chi connectivity index (χ0n) is 13.0. The lowest BCUT2D eigenvalue weighted by Crippen LogP contribution is -2.19. The highest BCUT2D eigenvalue weighted by Crippen LogP contribution is 2.27. The molecule has 0 unspecified atom stereocenters. The van der Waals surface area contributed by atoms with Crippen molar-refractivity contribution < 1.29 is 9.90 Å². The predicted octanol–water partition coefficient (Wildman–Crippen LogP) is 4.76. The van der Waals surface area contributed by atoms with Crippen LogP contribution < -0.4 is 5.43 Å². The van der Waals surface area contributed by atoms with Crippen molar-refractivity contribution in [3.8, 4) is 5.75 Å². The third-order valence-corrected chi connectivity index (χ3v) is 4.88. The average Bonchev–Trinajstić information content (AvgIpc) is 2.61. The number of hydrogen-bond donors (Lipinski definition) is 2. The van der Waals surface area contributed by atoms with Crippen LogP contribution in [0.1, 0.15) is 11.1 Å². The summed E-state index contributed by atoms with van der Waals surface area (Å²) in [6.07, 6.45) is 1.63. The topological polar surface area (TPSA) is 61.7 Å². The smallest absolute Gasteiger partial charge is 0.244 e. The number of amides is 1. The number of fused-ring (bicyclic) bond motifs is 1. The number of hydrazone groups is 1. The Bertz CT molecular complexity index is 971. The van der Waals surface area contributed by atoms with Crippen molar-refractivity contribution in [1.82, 2.24) is 5.43 Å². The SMILES string of the molecule is O=C(Cc1ccc(Br)c2ccccc12)N/N=C\c1cc(Br)ccc1O. The molecule has 0 spiro atoms. The van der Waals surface area contributed by atoms with E-state index >= 15 is 0 Å². The summed E-state index contributed by atoms with van der Waals surface area (Å²) in [5, 5.41) is 15.8. The first-order chi connectivity index (χ1) is 12.0. The zero-order valence-corrected chi connectivity index (χ0v) is 16.2. The number of carbonyl (C=O) groups excluding carboxylic acids is 1. The molecule has 0 aliphatic heterocycles. The molecule has 25 heavy (non-hydrogen) atoms. The lowest BCUT2D eigenvalue weighted by Gasteiger charge is -2.07. The van der Waals surface area contributed by atoms with Gasteiger partial charge in [0, 0.05) is 14.5 Å². The van der Waals surface area contributed by atoms with Crippen LogP contribution in [0.2, 0.25) is 0 Å². The molecule has 4 nitrogen and oxygen atoms in total. The molecular formula is C19H14Br2N2O2. The highest BCUT2D eigenvalue weighted by molar-refractivity contribution is 9.11. The molecule has 0 aromatic heterocycles. The number of carbonyl (C=O) groups is 1. The summed E-state index contributed by atoms with van der Waals surface area (Å²) in [5.74, 6) is -0.127. The Kier molecular flexibility index (Phi) is 5.50. The Hall–Kier alpha value is -2.18. The summed E-state index contributed by atoms with van der Waals surface area (Å²) < 4.78 is 1.81. The second-order valence-electron chi connectivity index (χ2n) is 5.43. The van der Waals surface area contributed by atoms with Crippen LogP contribution in [0.5, 0.6) is 5.75 Å². The van der Waals surface area contributed by atoms with Gasteiger partial charge in [-0.3, -0.25) is 4.79 Å². The van der Waals surface area contributed by atoms with Crippen LogP contribution in [-0.2, 0) is 11.2 Å². The molecule has 1 amide bonds. The van der Waals surface area contributed by atoms with Crippen molar-refractivity contribution in [2.45, 2.75) is 6.42 Å². The van der Waals surface area contributed by atoms with E-state index in [1.54, 1.807) is 18.2 Å². The van der Waals surface area contributed by atoms with Crippen molar-refractivity contribution in [1.29, 1.82) is 0 Å². The number of phenols is 1. The summed E-state index contributed by atoms with van der Waals surface area (Å²) in [4.78, 5) is 12.2. The number of halogens is 2. The van der Waals surface area contributed by atoms with Gasteiger partial charge in [0.25, 0.3) is 0 Å². The van der Waals surface area contributed by atoms with Crippen LogP contribution in [0, 0.1) is 0 Å². The van der Waals surface area contributed by atoms with E-state index in [1.807, 2.05) is 36.4 Å². The van der Waals surface area contributed by atoms with E-state index in [4.69, 9.17) is 0 Å². The lowest BCUT2D eigenvalue weighted by molar-refractivity contribution is -0.120. The van der Waals surface area contributed by atoms with E-state index in [0.29, 0.717) is 5.56 Å². The first-order valence-electron chi connectivity index (χ1n) is 7.51. The minimum Gasteiger partial charge on any atom is -0.507 e. The maximum atomic E-state index is 12.2. The van der Waals surface area contributed by atoms with Gasteiger partial charge in [0.15, 0.2) is 0 Å². The highest BCUT2D eigenvalue weighted by Gasteiger charge is 2.08. The van der Waals surface area contributed by atoms with E-state index in [0.717, 1.165) is 25.3 Å². The van der Waals surface area contributed by atoms with Crippen LogP contribution >= 0.6 is 31.9 Å². The van der Waals surface area contributed by atoms with Gasteiger partial charge in [-0.2, -0.15) is 5.10 Å². The molecular weight excluding hydrogens is 448 g/mol. The first kappa shape index (κ1) is 17.6. The minimum absolute atomic E-state index is 0.0973. The van der Waals surface area contributed by atoms with Crippen molar-refractivity contribution in [2.24, 2.45) is 5.10 Å². The number of hydrogen-bond acceptors (Lipinski definition) is 3. The molecule has 3 rings (SSSR count). The molecule has 0 aliphatic rings. The number of benzene rings is 3. The van der Waals surface area contributed by atoms with E-state index in [9.17, 15) is 9.90 Å². The standard InChI is InChI=1S/C19H14Br2N2O2/c20-14-6-8-18(24)13(9-14)11-22-23-19(25)10-12-5-7-17(21)16-4-2-1-3-15(12)16/h1-9,11,24H,10H2,(H,23,25)/b22-11-. The monoisotopic (exact) mass is 460 g/mol. The van der Waals surface area contributed by atoms with Crippen molar-refractivity contribution in [3.05, 3.63) is 74.7 Å². The normalized spacial score (nSPS) is 11.1. The van der Waals surface area contributed by atoms with Crippen LogP contribution in [0.4, 0.5) is 0 Å². The highest BCUT2D eigenvalue weighted by atomic mass is 79.9. The maximum absolute atomic E-state index is 12.2. The fraction of sp³-hybridized carbons (Fsp3) is 0.0526. The second kappa shape index (κ2) is 7.80. The molecule has 0 heterocycles. The van der Waals surface area contributed by atoms with Gasteiger partial charge in [-0.1, -0.05) is 62.2 Å². The number of nitrogens with one attached hydrogen (secondary N) is 1. The molecule has 6 heteroatoms. The molecule has 0 aliphatic carbocycles. The van der Waals surface area contributed by atoms with Gasteiger partial charge in [0.2, 0.25) is 5.91 Å². The molecule has 0 bridgehead atoms. The van der Waals surface area contributed by atoms with Gasteiger partial charge < -0.3 is 5.11 Å². The van der Waals surface area contributed by atoms with E-state index in [-0.39, 0.29) is 18.1 Å². The maximum Gasteiger partial charge on any atom is 0.244 e. The number of phenolic OH excluding ortho intramolecular Hbond substituents is 1. The molecule has 0 saturated heterocycles. The van der Waals surface area contributed by atoms with E-state index in [1.165, 1.54) is 6.21 Å². The molecule has 2 N–H and O–H groups in total. The summed E-state index contributed by atoms with van der Waals surface area (Å²) in [6.45, 7) is 0. The first-order valence-corrected chi connectivity index (χ1v) is 9.10. The van der Waals surface area contributed by atoms with Crippen LogP contribution in [0.15, 0.2) is 68.6 Å². The van der Waals surface area contributed by atoms with Gasteiger partial charge in [-0.15, -0.1) is 0 Å². The summed E-state index contributed by atoms with van der Waals surface area (Å²) in [7, 11) is 0. The Morgan fingerprint density at radius 1 is 1.08 bits per heavy atom. The Morgan fingerprint density at radius 3 is 2.64 bits per heavy atom.